The van der Waals surface area contributed by atoms with E-state index in [0.29, 0.717) is 0 Å². The van der Waals surface area contributed by atoms with Gasteiger partial charge in [0.2, 0.25) is 0 Å². The third kappa shape index (κ3) is 74.4. The summed E-state index contributed by atoms with van der Waals surface area (Å²) in [6.45, 7) is 0. The summed E-state index contributed by atoms with van der Waals surface area (Å²) in [5, 5.41) is 19.6. The Morgan fingerprint density at radius 2 is 1.64 bits per heavy atom. The highest BCUT2D eigenvalue weighted by atomic mass is 16.9. The molecule has 0 radical (unpaired) electrons. The quantitative estimate of drug-likeness (QED) is 0.123. The first kappa shape index (κ1) is 11.7. The standard InChI is InChI=1S/C2H7N5.NO3/c3-1(4)7-2(5)6;2-1(3)4/h(H7,3,4,5,6,7);/q;-1/p+1. The molecule has 0 aliphatic heterocycles. The van der Waals surface area contributed by atoms with E-state index in [1.54, 1.807) is 0 Å². The van der Waals surface area contributed by atoms with Crippen LogP contribution in [-0.2, 0) is 0 Å². The second-order valence-corrected chi connectivity index (χ2v) is 1.19. The van der Waals surface area contributed by atoms with Gasteiger partial charge < -0.3 is 26.8 Å². The third-order valence-electron chi connectivity index (χ3n) is 0.258. The average molecular weight is 164 g/mol. The lowest BCUT2D eigenvalue weighted by atomic mass is 11.0. The lowest BCUT2D eigenvalue weighted by Gasteiger charge is -1.76. The number of aliphatic imine (C=N–C) groups is 1. The SMILES string of the molecule is NC(=[NH2+])N=C(N)N.O=[N+]([O-])[O-]. The van der Waals surface area contributed by atoms with E-state index in [2.05, 4.69) is 4.99 Å². The number of hydrogen-bond acceptors (Lipinski definition) is 3. The lowest BCUT2D eigenvalue weighted by Crippen LogP contribution is -2.46. The minimum absolute atomic E-state index is 0.125. The fourth-order valence-electron chi connectivity index (χ4n) is 0.149. The van der Waals surface area contributed by atoms with Crippen LogP contribution < -0.4 is 22.6 Å². The summed E-state index contributed by atoms with van der Waals surface area (Å²) in [7, 11) is 0. The van der Waals surface area contributed by atoms with Crippen molar-refractivity contribution >= 4 is 11.9 Å². The Balaban J connectivity index is 0. The Bertz CT molecular complexity index is 167. The molecular weight excluding hydrogens is 156 g/mol. The van der Waals surface area contributed by atoms with Gasteiger partial charge in [0.25, 0.3) is 5.96 Å². The van der Waals surface area contributed by atoms with Gasteiger partial charge in [-0.1, -0.05) is 0 Å². The van der Waals surface area contributed by atoms with E-state index in [1.807, 2.05) is 0 Å². The van der Waals surface area contributed by atoms with Crippen LogP contribution in [0.4, 0.5) is 0 Å². The third-order valence-corrected chi connectivity index (χ3v) is 0.258. The molecule has 0 atom stereocenters. The van der Waals surface area contributed by atoms with Gasteiger partial charge in [0.15, 0.2) is 0 Å². The van der Waals surface area contributed by atoms with E-state index in [1.165, 1.54) is 0 Å². The van der Waals surface area contributed by atoms with Crippen LogP contribution in [-0.4, -0.2) is 17.0 Å². The van der Waals surface area contributed by atoms with Crippen LogP contribution >= 0.6 is 0 Å². The molecular formula is C2H8N6O3. The smallest absolute Gasteiger partial charge is 0.356 e. The first-order valence-electron chi connectivity index (χ1n) is 2.15. The van der Waals surface area contributed by atoms with Gasteiger partial charge >= 0.3 is 5.96 Å². The van der Waals surface area contributed by atoms with Crippen molar-refractivity contribution in [2.45, 2.75) is 0 Å². The van der Waals surface area contributed by atoms with E-state index in [9.17, 15) is 0 Å². The monoisotopic (exact) mass is 164 g/mol. The summed E-state index contributed by atoms with van der Waals surface area (Å²) in [4.78, 5) is 11.5. The molecule has 0 saturated carbocycles. The molecule has 0 aromatic carbocycles. The van der Waals surface area contributed by atoms with Crippen molar-refractivity contribution in [2.24, 2.45) is 22.2 Å². The molecule has 0 unspecified atom stereocenters. The molecule has 0 aliphatic carbocycles. The van der Waals surface area contributed by atoms with Crippen LogP contribution in [0.25, 0.3) is 0 Å². The van der Waals surface area contributed by atoms with E-state index >= 15 is 0 Å². The van der Waals surface area contributed by atoms with E-state index in [4.69, 9.17) is 37.9 Å². The summed E-state index contributed by atoms with van der Waals surface area (Å²) >= 11 is 0. The molecule has 0 bridgehead atoms. The van der Waals surface area contributed by atoms with Gasteiger partial charge in [-0.3, -0.25) is 11.1 Å². The zero-order valence-corrected chi connectivity index (χ0v) is 5.43. The topological polar surface area (TPSA) is 182 Å². The van der Waals surface area contributed by atoms with E-state index in [-0.39, 0.29) is 11.9 Å². The van der Waals surface area contributed by atoms with Crippen molar-refractivity contribution < 1.29 is 10.5 Å². The van der Waals surface area contributed by atoms with Crippen molar-refractivity contribution in [3.05, 3.63) is 15.3 Å². The predicted octanol–water partition coefficient (Wildman–Crippen LogP) is -3.91. The highest BCUT2D eigenvalue weighted by Gasteiger charge is 1.89. The van der Waals surface area contributed by atoms with Gasteiger partial charge in [0, 0.05) is 0 Å². The van der Waals surface area contributed by atoms with Crippen LogP contribution in [0.1, 0.15) is 0 Å². The molecule has 9 nitrogen and oxygen atoms in total. The molecule has 8 N–H and O–H groups in total. The number of guanidine groups is 2. The zero-order valence-electron chi connectivity index (χ0n) is 5.43. The van der Waals surface area contributed by atoms with Gasteiger partial charge in [0.1, 0.15) is 0 Å². The zero-order chi connectivity index (χ0) is 9.44. The molecule has 64 valence electrons. The second-order valence-electron chi connectivity index (χ2n) is 1.19. The first-order chi connectivity index (χ1) is 4.86. The van der Waals surface area contributed by atoms with Crippen LogP contribution in [0.2, 0.25) is 0 Å². The molecule has 0 spiro atoms. The van der Waals surface area contributed by atoms with Gasteiger partial charge in [-0.25, -0.2) is 0 Å². The summed E-state index contributed by atoms with van der Waals surface area (Å²) in [5.74, 6) is -0.250. The van der Waals surface area contributed by atoms with Gasteiger partial charge in [-0.2, -0.15) is 0 Å². The highest BCUT2D eigenvalue weighted by molar-refractivity contribution is 5.89. The summed E-state index contributed by atoms with van der Waals surface area (Å²) in [6.07, 6.45) is 0. The summed E-state index contributed by atoms with van der Waals surface area (Å²) < 4.78 is 0. The Labute approximate surface area is 61.1 Å². The van der Waals surface area contributed by atoms with Crippen LogP contribution in [0.3, 0.4) is 0 Å². The Morgan fingerprint density at radius 3 is 1.64 bits per heavy atom. The minimum atomic E-state index is -1.75. The summed E-state index contributed by atoms with van der Waals surface area (Å²) in [5.41, 5.74) is 14.5. The number of nitrogens with zero attached hydrogens (tertiary/aromatic N) is 2. The van der Waals surface area contributed by atoms with Crippen molar-refractivity contribution in [2.75, 3.05) is 0 Å². The molecule has 0 aromatic rings. The van der Waals surface area contributed by atoms with Gasteiger partial charge in [0.05, 0.1) is 5.09 Å². The Morgan fingerprint density at radius 1 is 1.36 bits per heavy atom. The fraction of sp³-hybridized carbons (Fsp3) is 0. The molecule has 0 saturated heterocycles. The van der Waals surface area contributed by atoms with Crippen LogP contribution in [0.5, 0.6) is 0 Å². The highest BCUT2D eigenvalue weighted by Crippen LogP contribution is 1.50. The number of hydrogen-bond donors (Lipinski definition) is 4. The van der Waals surface area contributed by atoms with Crippen LogP contribution in [0, 0.1) is 15.3 Å². The summed E-state index contributed by atoms with van der Waals surface area (Å²) in [6, 6.07) is 0. The predicted molar refractivity (Wildman–Crippen MR) is 37.3 cm³/mol. The lowest BCUT2D eigenvalue weighted by molar-refractivity contribution is -0.402. The van der Waals surface area contributed by atoms with Crippen molar-refractivity contribution in [1.29, 1.82) is 0 Å². The largest absolute Gasteiger partial charge is 0.383 e. The second kappa shape index (κ2) is 6.07. The minimum Gasteiger partial charge on any atom is -0.356 e. The van der Waals surface area contributed by atoms with E-state index in [0.717, 1.165) is 0 Å². The van der Waals surface area contributed by atoms with Crippen molar-refractivity contribution in [3.63, 3.8) is 0 Å². The van der Waals surface area contributed by atoms with Crippen LogP contribution in [0.15, 0.2) is 4.99 Å². The first-order valence-corrected chi connectivity index (χ1v) is 2.15. The molecule has 0 rings (SSSR count). The van der Waals surface area contributed by atoms with Crippen molar-refractivity contribution in [1.82, 2.24) is 0 Å². The van der Waals surface area contributed by atoms with Crippen molar-refractivity contribution in [3.8, 4) is 0 Å². The maximum atomic E-state index is 8.25. The fourth-order valence-corrected chi connectivity index (χ4v) is 0.149. The van der Waals surface area contributed by atoms with Gasteiger partial charge in [-0.05, 0) is 4.99 Å². The molecule has 0 aromatic heterocycles. The Hall–Kier alpha value is -2.06. The molecule has 0 aliphatic rings. The Kier molecular flexibility index (Phi) is 6.45. The van der Waals surface area contributed by atoms with E-state index < -0.39 is 5.09 Å². The molecule has 9 heteroatoms. The molecule has 0 amide bonds. The number of nitrogens with two attached hydrogens (primary N) is 4. The normalized spacial score (nSPS) is 6.91. The molecule has 0 heterocycles. The number of rotatable bonds is 0. The average Bonchev–Trinajstić information content (AvgIpc) is 1.56. The maximum absolute atomic E-state index is 8.25. The maximum Gasteiger partial charge on any atom is 0.383 e. The molecule has 0 fully saturated rings. The van der Waals surface area contributed by atoms with Gasteiger partial charge in [-0.15, -0.1) is 0 Å². The molecule has 11 heavy (non-hydrogen) atoms.